The molecule has 1 saturated carbocycles. The number of amides is 1. The molecule has 0 unspecified atom stereocenters. The molecule has 3 aromatic heterocycles. The second-order valence-electron chi connectivity index (χ2n) is 8.15. The zero-order valence-corrected chi connectivity index (χ0v) is 18.2. The van der Waals surface area contributed by atoms with E-state index >= 15 is 0 Å². The zero-order valence-electron chi connectivity index (χ0n) is 18.2. The average Bonchev–Trinajstić information content (AvgIpc) is 3.44. The smallest absolute Gasteiger partial charge is 0.261 e. The standard InChI is InChI=1S/C23H24N8O2/c1-2-25-19(32)14-31-13-17(12-28-31)20-29-21(30-33-20)23(8-3-9-23)18-6-4-15(5-7-18)16-10-26-22(24)27-11-16/h4-7,10-13H,2-3,8-9,14H2,1H3,(H,25,32)(H2,24,26,27). The molecule has 0 bridgehead atoms. The Balaban J connectivity index is 1.37. The number of nitrogen functional groups attached to an aromatic ring is 1. The first-order valence-corrected chi connectivity index (χ1v) is 10.9. The van der Waals surface area contributed by atoms with Crippen molar-refractivity contribution in [3.05, 3.63) is 60.4 Å². The zero-order chi connectivity index (χ0) is 22.8. The van der Waals surface area contributed by atoms with Crippen LogP contribution in [0.2, 0.25) is 0 Å². The molecule has 0 radical (unpaired) electrons. The predicted molar refractivity (Wildman–Crippen MR) is 121 cm³/mol. The van der Waals surface area contributed by atoms with Gasteiger partial charge in [-0.2, -0.15) is 10.1 Å². The Morgan fingerprint density at radius 2 is 1.88 bits per heavy atom. The van der Waals surface area contributed by atoms with E-state index in [9.17, 15) is 4.79 Å². The molecule has 0 atom stereocenters. The van der Waals surface area contributed by atoms with Crippen molar-refractivity contribution in [1.82, 2.24) is 35.2 Å². The van der Waals surface area contributed by atoms with Gasteiger partial charge in [-0.05, 0) is 30.9 Å². The second kappa shape index (κ2) is 8.45. The Morgan fingerprint density at radius 1 is 1.12 bits per heavy atom. The van der Waals surface area contributed by atoms with E-state index < -0.39 is 0 Å². The topological polar surface area (TPSA) is 138 Å². The molecule has 5 rings (SSSR count). The van der Waals surface area contributed by atoms with Gasteiger partial charge in [-0.25, -0.2) is 9.97 Å². The lowest BCUT2D eigenvalue weighted by molar-refractivity contribution is -0.121. The van der Waals surface area contributed by atoms with Crippen molar-refractivity contribution in [3.8, 4) is 22.6 Å². The maximum Gasteiger partial charge on any atom is 0.261 e. The number of nitrogens with one attached hydrogen (secondary N) is 1. The summed E-state index contributed by atoms with van der Waals surface area (Å²) in [4.78, 5) is 24.6. The SMILES string of the molecule is CCNC(=O)Cn1cc(-c2nc(C3(c4ccc(-c5cnc(N)nc5)cc4)CCC3)no2)cn1. The summed E-state index contributed by atoms with van der Waals surface area (Å²) in [5.41, 5.74) is 9.07. The number of rotatable bonds is 7. The molecular formula is C23H24N8O2. The van der Waals surface area contributed by atoms with Crippen LogP contribution in [0.1, 0.15) is 37.6 Å². The molecule has 10 nitrogen and oxygen atoms in total. The third-order valence-electron chi connectivity index (χ3n) is 6.06. The van der Waals surface area contributed by atoms with Crippen LogP contribution >= 0.6 is 0 Å². The van der Waals surface area contributed by atoms with Crippen molar-refractivity contribution >= 4 is 11.9 Å². The van der Waals surface area contributed by atoms with E-state index in [1.165, 1.54) is 0 Å². The van der Waals surface area contributed by atoms with Crippen LogP contribution in [0.25, 0.3) is 22.6 Å². The number of likely N-dealkylation sites (N-methyl/N-ethyl adjacent to an activating group) is 1. The van der Waals surface area contributed by atoms with Crippen LogP contribution in [0.15, 0.2) is 53.6 Å². The minimum absolute atomic E-state index is 0.0965. The number of carbonyl (C=O) groups excluding carboxylic acids is 1. The molecule has 4 aromatic rings. The Morgan fingerprint density at radius 3 is 2.55 bits per heavy atom. The minimum Gasteiger partial charge on any atom is -0.368 e. The van der Waals surface area contributed by atoms with Crippen LogP contribution in [0.5, 0.6) is 0 Å². The fourth-order valence-corrected chi connectivity index (χ4v) is 4.14. The van der Waals surface area contributed by atoms with Gasteiger partial charge in [0.25, 0.3) is 5.89 Å². The van der Waals surface area contributed by atoms with Crippen molar-refractivity contribution in [2.24, 2.45) is 0 Å². The van der Waals surface area contributed by atoms with Gasteiger partial charge in [0, 0.05) is 30.7 Å². The molecule has 168 valence electrons. The number of anilines is 1. The van der Waals surface area contributed by atoms with E-state index in [2.05, 4.69) is 49.8 Å². The van der Waals surface area contributed by atoms with Gasteiger partial charge in [-0.3, -0.25) is 9.48 Å². The lowest BCUT2D eigenvalue weighted by Crippen LogP contribution is -2.36. The molecule has 1 aliphatic carbocycles. The molecule has 0 saturated heterocycles. The van der Waals surface area contributed by atoms with Gasteiger partial charge in [0.1, 0.15) is 6.54 Å². The Labute approximate surface area is 190 Å². The van der Waals surface area contributed by atoms with Crippen molar-refractivity contribution in [2.45, 2.75) is 38.1 Å². The summed E-state index contributed by atoms with van der Waals surface area (Å²) in [7, 11) is 0. The summed E-state index contributed by atoms with van der Waals surface area (Å²) < 4.78 is 7.14. The monoisotopic (exact) mass is 444 g/mol. The van der Waals surface area contributed by atoms with E-state index in [1.807, 2.05) is 6.92 Å². The number of carbonyl (C=O) groups is 1. The summed E-state index contributed by atoms with van der Waals surface area (Å²) in [5.74, 6) is 1.23. The highest BCUT2D eigenvalue weighted by Gasteiger charge is 2.44. The van der Waals surface area contributed by atoms with E-state index in [1.54, 1.807) is 29.5 Å². The van der Waals surface area contributed by atoms with E-state index in [4.69, 9.17) is 15.2 Å². The lowest BCUT2D eigenvalue weighted by atomic mass is 9.64. The molecular weight excluding hydrogens is 420 g/mol. The van der Waals surface area contributed by atoms with Gasteiger partial charge < -0.3 is 15.6 Å². The van der Waals surface area contributed by atoms with Gasteiger partial charge in [0.05, 0.1) is 17.2 Å². The minimum atomic E-state index is -0.269. The Hall–Kier alpha value is -4.08. The molecule has 33 heavy (non-hydrogen) atoms. The van der Waals surface area contributed by atoms with E-state index in [0.717, 1.165) is 36.0 Å². The highest BCUT2D eigenvalue weighted by Crippen LogP contribution is 2.48. The molecule has 3 N–H and O–H groups in total. The van der Waals surface area contributed by atoms with Crippen molar-refractivity contribution < 1.29 is 9.32 Å². The van der Waals surface area contributed by atoms with E-state index in [-0.39, 0.29) is 23.8 Å². The molecule has 0 aliphatic heterocycles. The van der Waals surface area contributed by atoms with Gasteiger partial charge in [0.2, 0.25) is 11.9 Å². The van der Waals surface area contributed by atoms with Crippen LogP contribution in [0.4, 0.5) is 5.95 Å². The van der Waals surface area contributed by atoms with Crippen molar-refractivity contribution in [3.63, 3.8) is 0 Å². The quantitative estimate of drug-likeness (QED) is 0.444. The molecule has 1 aromatic carbocycles. The van der Waals surface area contributed by atoms with Crippen LogP contribution in [-0.4, -0.2) is 42.3 Å². The van der Waals surface area contributed by atoms with Gasteiger partial charge in [-0.15, -0.1) is 0 Å². The van der Waals surface area contributed by atoms with Crippen LogP contribution < -0.4 is 11.1 Å². The normalized spacial score (nSPS) is 14.6. The number of benzene rings is 1. The Kier molecular flexibility index (Phi) is 5.33. The molecule has 1 fully saturated rings. The maximum absolute atomic E-state index is 11.8. The largest absolute Gasteiger partial charge is 0.368 e. The molecule has 1 amide bonds. The first kappa shape index (κ1) is 20.8. The average molecular weight is 444 g/mol. The first-order chi connectivity index (χ1) is 16.1. The van der Waals surface area contributed by atoms with Crippen molar-refractivity contribution in [1.29, 1.82) is 0 Å². The molecule has 0 spiro atoms. The van der Waals surface area contributed by atoms with Gasteiger partial charge in [0.15, 0.2) is 5.82 Å². The summed E-state index contributed by atoms with van der Waals surface area (Å²) >= 11 is 0. The van der Waals surface area contributed by atoms with Gasteiger partial charge >= 0.3 is 0 Å². The summed E-state index contributed by atoms with van der Waals surface area (Å²) in [5, 5.41) is 11.3. The van der Waals surface area contributed by atoms with Gasteiger partial charge in [-0.1, -0.05) is 35.8 Å². The summed E-state index contributed by atoms with van der Waals surface area (Å²) in [6.07, 6.45) is 9.81. The number of nitrogens with two attached hydrogens (primary N) is 1. The molecule has 1 aliphatic rings. The maximum atomic E-state index is 11.8. The number of nitrogens with zero attached hydrogens (tertiary/aromatic N) is 6. The molecule has 3 heterocycles. The first-order valence-electron chi connectivity index (χ1n) is 10.9. The van der Waals surface area contributed by atoms with Crippen LogP contribution in [-0.2, 0) is 16.8 Å². The van der Waals surface area contributed by atoms with Crippen molar-refractivity contribution in [2.75, 3.05) is 12.3 Å². The lowest BCUT2D eigenvalue weighted by Gasteiger charge is -2.39. The number of hydrogen-bond donors (Lipinski definition) is 2. The number of hydrogen-bond acceptors (Lipinski definition) is 8. The van der Waals surface area contributed by atoms with Crippen LogP contribution in [0, 0.1) is 0 Å². The summed E-state index contributed by atoms with van der Waals surface area (Å²) in [6.45, 7) is 2.60. The third-order valence-corrected chi connectivity index (χ3v) is 6.06. The fraction of sp³-hybridized carbons (Fsp3) is 0.304. The third kappa shape index (κ3) is 3.95. The second-order valence-corrected chi connectivity index (χ2v) is 8.15. The van der Waals surface area contributed by atoms with Crippen LogP contribution in [0.3, 0.4) is 0 Å². The molecule has 10 heteroatoms. The summed E-state index contributed by atoms with van der Waals surface area (Å²) in [6, 6.07) is 8.31. The predicted octanol–water partition coefficient (Wildman–Crippen LogP) is 2.58. The van der Waals surface area contributed by atoms with E-state index in [0.29, 0.717) is 23.8 Å². The highest BCUT2D eigenvalue weighted by atomic mass is 16.5. The Bertz CT molecular complexity index is 1260. The fourth-order valence-electron chi connectivity index (χ4n) is 4.14. The number of aromatic nitrogens is 6. The highest BCUT2D eigenvalue weighted by molar-refractivity contribution is 5.75.